The molecule has 2 aliphatic rings. The minimum atomic E-state index is -1.65. The summed E-state index contributed by atoms with van der Waals surface area (Å²) in [6.45, 7) is 6.05. The third-order valence-corrected chi connectivity index (χ3v) is 6.24. The van der Waals surface area contributed by atoms with Gasteiger partial charge in [-0.2, -0.15) is 0 Å². The van der Waals surface area contributed by atoms with Crippen LogP contribution >= 0.6 is 0 Å². The number of rotatable bonds is 11. The Morgan fingerprint density at radius 2 is 1.88 bits per heavy atom. The Hall–Kier alpha value is -0.930. The smallest absolute Gasteiger partial charge is 0.217 e. The van der Waals surface area contributed by atoms with Crippen LogP contribution in [0.3, 0.4) is 0 Å². The highest BCUT2D eigenvalue weighted by atomic mass is 16.7. The Balaban J connectivity index is 2.26. The topological polar surface area (TPSA) is 187 Å². The second-order valence-electron chi connectivity index (χ2n) is 9.19. The molecule has 0 bridgehead atoms. The van der Waals surface area contributed by atoms with Crippen molar-refractivity contribution in [1.29, 1.82) is 0 Å². The molecule has 3 unspecified atom stereocenters. The number of ether oxygens (including phenoxy) is 4. The maximum absolute atomic E-state index is 11.7. The van der Waals surface area contributed by atoms with E-state index >= 15 is 0 Å². The fourth-order valence-electron chi connectivity index (χ4n) is 4.33. The van der Waals surface area contributed by atoms with E-state index in [4.69, 9.17) is 18.9 Å². The molecule has 2 rings (SSSR count). The predicted molar refractivity (Wildman–Crippen MR) is 117 cm³/mol. The summed E-state index contributed by atoms with van der Waals surface area (Å²) in [5.41, 5.74) is 0. The zero-order valence-corrected chi connectivity index (χ0v) is 20.2. The SMILES string of the molecule is CCCCO[C@@H]1OC(CO)[C@H](O)[C@H](O[C@]2(C)C[C@@H](O)[C@@H](NC(C)=O)C([C@H](O)[C@H](O)CC)O2)C1O. The standard InChI is InChI=1S/C22H41NO11/c1-5-7-8-31-21-18(30)20(17(29)14(10-24)32-21)34-22(4)9-13(27)15(23-11(3)25)19(33-22)16(28)12(26)6-2/h12-21,24,26-30H,5-10H2,1-4H3,(H,23,25)/t12-,13-,14?,15-,16-,17+,18?,19?,20+,21-,22-/m1/s1. The van der Waals surface area contributed by atoms with Gasteiger partial charge in [-0.25, -0.2) is 0 Å². The van der Waals surface area contributed by atoms with Crippen LogP contribution in [-0.4, -0.2) is 117 Å². The molecule has 0 saturated carbocycles. The van der Waals surface area contributed by atoms with Gasteiger partial charge >= 0.3 is 0 Å². The van der Waals surface area contributed by atoms with E-state index in [1.54, 1.807) is 6.92 Å². The molecule has 2 saturated heterocycles. The molecule has 0 radical (unpaired) electrons. The second-order valence-corrected chi connectivity index (χ2v) is 9.19. The number of amides is 1. The van der Waals surface area contributed by atoms with Crippen LogP contribution in [0.15, 0.2) is 0 Å². The van der Waals surface area contributed by atoms with Crippen molar-refractivity contribution in [2.45, 2.75) is 120 Å². The molecule has 200 valence electrons. The molecule has 7 N–H and O–H groups in total. The Morgan fingerprint density at radius 1 is 1.21 bits per heavy atom. The first kappa shape index (κ1) is 29.3. The molecule has 2 aliphatic heterocycles. The van der Waals surface area contributed by atoms with Crippen LogP contribution in [0.25, 0.3) is 0 Å². The molecule has 0 aliphatic carbocycles. The minimum absolute atomic E-state index is 0.188. The summed E-state index contributed by atoms with van der Waals surface area (Å²) in [6, 6.07) is -1.04. The minimum Gasteiger partial charge on any atom is -0.394 e. The summed E-state index contributed by atoms with van der Waals surface area (Å²) in [6.07, 6.45) is -10.1. The van der Waals surface area contributed by atoms with E-state index < -0.39 is 79.5 Å². The lowest BCUT2D eigenvalue weighted by atomic mass is 9.88. The molecule has 34 heavy (non-hydrogen) atoms. The molecular weight excluding hydrogens is 454 g/mol. The summed E-state index contributed by atoms with van der Waals surface area (Å²) >= 11 is 0. The highest BCUT2D eigenvalue weighted by molar-refractivity contribution is 5.73. The first-order valence-corrected chi connectivity index (χ1v) is 11.9. The van der Waals surface area contributed by atoms with Crippen molar-refractivity contribution in [2.75, 3.05) is 13.2 Å². The van der Waals surface area contributed by atoms with Gasteiger partial charge in [-0.3, -0.25) is 4.79 Å². The van der Waals surface area contributed by atoms with Gasteiger partial charge in [0.1, 0.15) is 36.6 Å². The third-order valence-electron chi connectivity index (χ3n) is 6.24. The summed E-state index contributed by atoms with van der Waals surface area (Å²) in [5.74, 6) is -2.11. The van der Waals surface area contributed by atoms with Crippen molar-refractivity contribution < 1.29 is 54.4 Å². The van der Waals surface area contributed by atoms with Gasteiger partial charge in [0, 0.05) is 20.0 Å². The van der Waals surface area contributed by atoms with Gasteiger partial charge in [-0.15, -0.1) is 0 Å². The molecule has 0 aromatic carbocycles. The zero-order valence-electron chi connectivity index (χ0n) is 20.2. The van der Waals surface area contributed by atoms with Crippen LogP contribution < -0.4 is 5.32 Å². The van der Waals surface area contributed by atoms with Crippen molar-refractivity contribution in [1.82, 2.24) is 5.32 Å². The number of carbonyl (C=O) groups excluding carboxylic acids is 1. The lowest BCUT2D eigenvalue weighted by molar-refractivity contribution is -0.373. The second kappa shape index (κ2) is 12.9. The Kier molecular flexibility index (Phi) is 11.1. The number of carbonyl (C=O) groups is 1. The maximum atomic E-state index is 11.7. The van der Waals surface area contributed by atoms with E-state index in [-0.39, 0.29) is 19.4 Å². The average molecular weight is 496 g/mol. The Bertz CT molecular complexity index is 640. The highest BCUT2D eigenvalue weighted by Gasteiger charge is 2.53. The lowest BCUT2D eigenvalue weighted by Crippen LogP contribution is -2.67. The van der Waals surface area contributed by atoms with Gasteiger partial charge in [-0.1, -0.05) is 20.3 Å². The first-order valence-electron chi connectivity index (χ1n) is 11.9. The van der Waals surface area contributed by atoms with E-state index in [1.165, 1.54) is 13.8 Å². The molecular formula is C22H41NO11. The van der Waals surface area contributed by atoms with Gasteiger partial charge in [0.2, 0.25) is 5.91 Å². The van der Waals surface area contributed by atoms with E-state index in [0.717, 1.165) is 6.42 Å². The maximum Gasteiger partial charge on any atom is 0.217 e. The van der Waals surface area contributed by atoms with E-state index in [9.17, 15) is 35.4 Å². The molecule has 0 spiro atoms. The van der Waals surface area contributed by atoms with Gasteiger partial charge in [-0.05, 0) is 19.8 Å². The molecule has 2 heterocycles. The van der Waals surface area contributed by atoms with E-state index in [0.29, 0.717) is 6.42 Å². The molecule has 12 nitrogen and oxygen atoms in total. The number of aliphatic hydroxyl groups is 6. The predicted octanol–water partition coefficient (Wildman–Crippen LogP) is -1.87. The summed E-state index contributed by atoms with van der Waals surface area (Å²) in [5, 5.41) is 65.3. The zero-order chi connectivity index (χ0) is 25.6. The molecule has 0 aromatic rings. The van der Waals surface area contributed by atoms with Crippen LogP contribution in [0, 0.1) is 0 Å². The average Bonchev–Trinajstić information content (AvgIpc) is 2.78. The van der Waals surface area contributed by atoms with Crippen molar-refractivity contribution >= 4 is 5.91 Å². The van der Waals surface area contributed by atoms with Crippen molar-refractivity contribution in [2.24, 2.45) is 0 Å². The van der Waals surface area contributed by atoms with Crippen molar-refractivity contribution in [3.8, 4) is 0 Å². The fraction of sp³-hybridized carbons (Fsp3) is 0.955. The van der Waals surface area contributed by atoms with Gasteiger partial charge < -0.3 is 54.9 Å². The van der Waals surface area contributed by atoms with Crippen LogP contribution in [0.5, 0.6) is 0 Å². The van der Waals surface area contributed by atoms with Crippen LogP contribution in [0.2, 0.25) is 0 Å². The Labute approximate surface area is 199 Å². The number of hydrogen-bond acceptors (Lipinski definition) is 11. The van der Waals surface area contributed by atoms with Crippen LogP contribution in [0.1, 0.15) is 53.4 Å². The first-order chi connectivity index (χ1) is 16.0. The number of nitrogens with one attached hydrogen (secondary N) is 1. The van der Waals surface area contributed by atoms with Crippen LogP contribution in [-0.2, 0) is 23.7 Å². The number of unbranched alkanes of at least 4 members (excludes halogenated alkanes) is 1. The van der Waals surface area contributed by atoms with Gasteiger partial charge in [0.05, 0.1) is 24.9 Å². The van der Waals surface area contributed by atoms with E-state index in [2.05, 4.69) is 5.32 Å². The summed E-state index contributed by atoms with van der Waals surface area (Å²) < 4.78 is 23.0. The quantitative estimate of drug-likeness (QED) is 0.159. The summed E-state index contributed by atoms with van der Waals surface area (Å²) in [4.78, 5) is 11.7. The van der Waals surface area contributed by atoms with Crippen molar-refractivity contribution in [3.05, 3.63) is 0 Å². The van der Waals surface area contributed by atoms with Crippen LogP contribution in [0.4, 0.5) is 0 Å². The molecule has 1 amide bonds. The Morgan fingerprint density at radius 3 is 2.44 bits per heavy atom. The third kappa shape index (κ3) is 7.06. The lowest BCUT2D eigenvalue weighted by Gasteiger charge is -2.50. The summed E-state index contributed by atoms with van der Waals surface area (Å²) in [7, 11) is 0. The molecule has 12 heteroatoms. The van der Waals surface area contributed by atoms with Gasteiger partial charge in [0.25, 0.3) is 0 Å². The fourth-order valence-corrected chi connectivity index (χ4v) is 4.33. The van der Waals surface area contributed by atoms with E-state index in [1.807, 2.05) is 6.92 Å². The van der Waals surface area contributed by atoms with Gasteiger partial charge in [0.15, 0.2) is 12.1 Å². The monoisotopic (exact) mass is 495 g/mol. The normalized spacial score (nSPS) is 40.5. The molecule has 11 atom stereocenters. The number of hydrogen-bond donors (Lipinski definition) is 7. The highest BCUT2D eigenvalue weighted by Crippen LogP contribution is 2.36. The largest absolute Gasteiger partial charge is 0.394 e. The van der Waals surface area contributed by atoms with Crippen molar-refractivity contribution in [3.63, 3.8) is 0 Å². The number of aliphatic hydroxyl groups excluding tert-OH is 6. The molecule has 0 aromatic heterocycles. The molecule has 2 fully saturated rings.